The van der Waals surface area contributed by atoms with Crippen LogP contribution in [0.2, 0.25) is 0 Å². The Morgan fingerprint density at radius 3 is 2.44 bits per heavy atom. The molecule has 1 unspecified atom stereocenters. The van der Waals surface area contributed by atoms with E-state index in [2.05, 4.69) is 5.32 Å². The molecule has 1 N–H and O–H groups in total. The number of benzene rings is 2. The van der Waals surface area contributed by atoms with Crippen molar-refractivity contribution in [1.82, 2.24) is 4.90 Å². The van der Waals surface area contributed by atoms with Crippen molar-refractivity contribution < 1.29 is 26.4 Å². The van der Waals surface area contributed by atoms with Crippen molar-refractivity contribution in [2.45, 2.75) is 29.7 Å². The van der Waals surface area contributed by atoms with E-state index in [0.717, 1.165) is 11.6 Å². The van der Waals surface area contributed by atoms with Gasteiger partial charge in [0.05, 0.1) is 10.6 Å². The third kappa shape index (κ3) is 4.08. The number of para-hydroxylation sites is 1. The van der Waals surface area contributed by atoms with E-state index in [1.54, 1.807) is 17.0 Å². The molecule has 2 aromatic carbocycles. The van der Waals surface area contributed by atoms with Crippen LogP contribution in [-0.4, -0.2) is 37.6 Å². The Kier molecular flexibility index (Phi) is 5.41. The minimum atomic E-state index is -4.79. The van der Waals surface area contributed by atoms with Gasteiger partial charge in [0.2, 0.25) is 15.7 Å². The predicted molar refractivity (Wildman–Crippen MR) is 93.5 cm³/mol. The van der Waals surface area contributed by atoms with Crippen molar-refractivity contribution >= 4 is 21.4 Å². The largest absolute Gasteiger partial charge is 0.373 e. The lowest BCUT2D eigenvalue weighted by molar-refractivity contribution is -0.128. The number of hydrogen-bond donors (Lipinski definition) is 1. The first kappa shape index (κ1) is 19.2. The summed E-state index contributed by atoms with van der Waals surface area (Å²) in [5.41, 5.74) is 0.728. The number of sulfone groups is 1. The van der Waals surface area contributed by atoms with Crippen molar-refractivity contribution in [3.63, 3.8) is 0 Å². The smallest absolute Gasteiger partial charge is 0.341 e. The highest BCUT2D eigenvalue weighted by atomic mass is 32.2. The van der Waals surface area contributed by atoms with Gasteiger partial charge < -0.3 is 10.2 Å². The number of amides is 1. The second-order valence-corrected chi connectivity index (χ2v) is 8.06. The van der Waals surface area contributed by atoms with E-state index in [9.17, 15) is 26.4 Å². The summed E-state index contributed by atoms with van der Waals surface area (Å²) in [6.07, 6.45) is 0.392. The van der Waals surface area contributed by atoms with Gasteiger partial charge in [-0.2, -0.15) is 8.78 Å². The number of anilines is 1. The molecule has 0 aliphatic carbocycles. The molecule has 1 heterocycles. The molecular formula is C18H17F3N2O3S. The Hall–Kier alpha value is -2.55. The van der Waals surface area contributed by atoms with Gasteiger partial charge in [-0.15, -0.1) is 0 Å². The maximum Gasteiger partial charge on any atom is 0.341 e. The molecule has 1 aliphatic heterocycles. The van der Waals surface area contributed by atoms with Gasteiger partial charge in [-0.3, -0.25) is 4.79 Å². The van der Waals surface area contributed by atoms with E-state index in [1.165, 1.54) is 30.3 Å². The Morgan fingerprint density at radius 2 is 1.78 bits per heavy atom. The second kappa shape index (κ2) is 7.59. The Bertz CT molecular complexity index is 933. The van der Waals surface area contributed by atoms with Gasteiger partial charge in [-0.1, -0.05) is 24.3 Å². The molecule has 27 heavy (non-hydrogen) atoms. The fraction of sp³-hybridized carbons (Fsp3) is 0.278. The highest BCUT2D eigenvalue weighted by molar-refractivity contribution is 7.91. The van der Waals surface area contributed by atoms with Crippen LogP contribution >= 0.6 is 0 Å². The van der Waals surface area contributed by atoms with Gasteiger partial charge in [0.15, 0.2) is 0 Å². The number of nitrogens with zero attached hydrogens (tertiary/aromatic N) is 1. The molecule has 0 radical (unpaired) electrons. The highest BCUT2D eigenvalue weighted by Crippen LogP contribution is 2.28. The topological polar surface area (TPSA) is 66.5 Å². The zero-order valence-electron chi connectivity index (χ0n) is 14.1. The summed E-state index contributed by atoms with van der Waals surface area (Å²) in [4.78, 5) is 13.6. The number of halogens is 3. The van der Waals surface area contributed by atoms with Gasteiger partial charge in [-0.05, 0) is 36.2 Å². The number of likely N-dealkylation sites (tertiary alicyclic amines) is 1. The molecule has 1 aliphatic rings. The van der Waals surface area contributed by atoms with Crippen LogP contribution in [-0.2, 0) is 21.2 Å². The van der Waals surface area contributed by atoms with Crippen molar-refractivity contribution in [3.05, 3.63) is 59.9 Å². The molecule has 0 saturated carbocycles. The summed E-state index contributed by atoms with van der Waals surface area (Å²) in [6, 6.07) is 10.3. The standard InChI is InChI=1S/C18H17F3N2O3S/c19-13-7-5-12(6-8-13)11-23-10-9-15(17(23)24)22-14-3-1-2-4-16(14)27(25,26)18(20)21/h1-8,15,18,22H,9-11H2. The third-order valence-electron chi connectivity index (χ3n) is 4.34. The highest BCUT2D eigenvalue weighted by Gasteiger charge is 2.34. The van der Waals surface area contributed by atoms with Crippen LogP contribution in [0.1, 0.15) is 12.0 Å². The number of hydrogen-bond acceptors (Lipinski definition) is 4. The zero-order chi connectivity index (χ0) is 19.6. The van der Waals surface area contributed by atoms with Crippen LogP contribution < -0.4 is 5.32 Å². The van der Waals surface area contributed by atoms with Crippen molar-refractivity contribution in [1.29, 1.82) is 0 Å². The van der Waals surface area contributed by atoms with Crippen LogP contribution in [0.5, 0.6) is 0 Å². The first-order chi connectivity index (χ1) is 12.8. The van der Waals surface area contributed by atoms with Gasteiger partial charge in [0, 0.05) is 13.1 Å². The summed E-state index contributed by atoms with van der Waals surface area (Å²) in [5, 5.41) is 2.78. The Labute approximate surface area is 154 Å². The average Bonchev–Trinajstić information content (AvgIpc) is 2.97. The molecule has 1 saturated heterocycles. The third-order valence-corrected chi connectivity index (χ3v) is 5.78. The van der Waals surface area contributed by atoms with E-state index < -0.39 is 26.5 Å². The van der Waals surface area contributed by atoms with E-state index >= 15 is 0 Å². The average molecular weight is 398 g/mol. The van der Waals surface area contributed by atoms with Gasteiger partial charge in [0.1, 0.15) is 11.9 Å². The fourth-order valence-electron chi connectivity index (χ4n) is 2.96. The molecule has 3 rings (SSSR count). The molecule has 2 aromatic rings. The summed E-state index contributed by atoms with van der Waals surface area (Å²) in [7, 11) is -4.79. The monoisotopic (exact) mass is 398 g/mol. The van der Waals surface area contributed by atoms with E-state index in [-0.39, 0.29) is 24.0 Å². The van der Waals surface area contributed by atoms with Crippen LogP contribution in [0.15, 0.2) is 53.4 Å². The maximum absolute atomic E-state index is 13.0. The van der Waals surface area contributed by atoms with Gasteiger partial charge in [-0.25, -0.2) is 12.8 Å². The molecule has 1 atom stereocenters. The molecule has 144 valence electrons. The van der Waals surface area contributed by atoms with E-state index in [0.29, 0.717) is 13.0 Å². The van der Waals surface area contributed by atoms with Crippen molar-refractivity contribution in [2.75, 3.05) is 11.9 Å². The van der Waals surface area contributed by atoms with Crippen molar-refractivity contribution in [3.8, 4) is 0 Å². The number of carbonyl (C=O) groups is 1. The second-order valence-electron chi connectivity index (χ2n) is 6.17. The summed E-state index contributed by atoms with van der Waals surface area (Å²) < 4.78 is 62.4. The van der Waals surface area contributed by atoms with Crippen LogP contribution in [0.4, 0.5) is 18.9 Å². The van der Waals surface area contributed by atoms with E-state index in [4.69, 9.17) is 0 Å². The fourth-order valence-corrected chi connectivity index (χ4v) is 3.85. The first-order valence-electron chi connectivity index (χ1n) is 8.20. The predicted octanol–water partition coefficient (Wildman–Crippen LogP) is 3.04. The quantitative estimate of drug-likeness (QED) is 0.812. The maximum atomic E-state index is 13.0. The minimum Gasteiger partial charge on any atom is -0.373 e. The number of alkyl halides is 2. The molecule has 0 aromatic heterocycles. The normalized spacial score (nSPS) is 17.6. The Balaban J connectivity index is 1.74. The van der Waals surface area contributed by atoms with Crippen LogP contribution in [0, 0.1) is 5.82 Å². The van der Waals surface area contributed by atoms with Crippen molar-refractivity contribution in [2.24, 2.45) is 0 Å². The molecule has 1 fully saturated rings. The molecule has 0 bridgehead atoms. The van der Waals surface area contributed by atoms with E-state index in [1.807, 2.05) is 0 Å². The zero-order valence-corrected chi connectivity index (χ0v) is 14.9. The lowest BCUT2D eigenvalue weighted by Crippen LogP contribution is -2.33. The first-order valence-corrected chi connectivity index (χ1v) is 9.74. The van der Waals surface area contributed by atoms with Gasteiger partial charge in [0.25, 0.3) is 0 Å². The summed E-state index contributed by atoms with van der Waals surface area (Å²) >= 11 is 0. The number of rotatable bonds is 6. The summed E-state index contributed by atoms with van der Waals surface area (Å²) in [5.74, 6) is -4.19. The lowest BCUT2D eigenvalue weighted by atomic mass is 10.2. The lowest BCUT2D eigenvalue weighted by Gasteiger charge is -2.19. The molecule has 5 nitrogen and oxygen atoms in total. The Morgan fingerprint density at radius 1 is 1.11 bits per heavy atom. The number of nitrogens with one attached hydrogen (secondary N) is 1. The SMILES string of the molecule is O=C1C(Nc2ccccc2S(=O)(=O)C(F)F)CCN1Cc1ccc(F)cc1. The minimum absolute atomic E-state index is 0.0280. The molecule has 9 heteroatoms. The molecule has 0 spiro atoms. The van der Waals surface area contributed by atoms with Crippen LogP contribution in [0.25, 0.3) is 0 Å². The van der Waals surface area contributed by atoms with Crippen LogP contribution in [0.3, 0.4) is 0 Å². The molecule has 1 amide bonds. The molecular weight excluding hydrogens is 381 g/mol. The number of carbonyl (C=O) groups excluding carboxylic acids is 1. The van der Waals surface area contributed by atoms with Gasteiger partial charge >= 0.3 is 5.76 Å². The summed E-state index contributed by atoms with van der Waals surface area (Å²) in [6.45, 7) is 0.700.